The fraction of sp³-hybridized carbons (Fsp3) is 0.292. The molecule has 33 heavy (non-hydrogen) atoms. The molecule has 1 aliphatic rings. The van der Waals surface area contributed by atoms with Gasteiger partial charge in [-0.1, -0.05) is 17.8 Å². The predicted molar refractivity (Wildman–Crippen MR) is 125 cm³/mol. The van der Waals surface area contributed by atoms with Gasteiger partial charge < -0.3 is 5.32 Å². The molecule has 1 fully saturated rings. The molecule has 1 aliphatic carbocycles. The van der Waals surface area contributed by atoms with Gasteiger partial charge in [-0.15, -0.1) is 0 Å². The summed E-state index contributed by atoms with van der Waals surface area (Å²) in [5, 5.41) is 22.5. The average molecular weight is 458 g/mol. The molecule has 4 aromatic heterocycles. The van der Waals surface area contributed by atoms with Crippen LogP contribution in [0.1, 0.15) is 44.2 Å². The molecule has 9 heteroatoms. The summed E-state index contributed by atoms with van der Waals surface area (Å²) in [6, 6.07) is 10.7. The highest BCUT2D eigenvalue weighted by molar-refractivity contribution is 7.99. The minimum atomic E-state index is 0.0350. The summed E-state index contributed by atoms with van der Waals surface area (Å²) in [7, 11) is 0. The van der Waals surface area contributed by atoms with E-state index in [0.29, 0.717) is 11.6 Å². The van der Waals surface area contributed by atoms with Crippen molar-refractivity contribution in [2.45, 2.75) is 54.6 Å². The zero-order valence-electron chi connectivity index (χ0n) is 18.2. The lowest BCUT2D eigenvalue weighted by molar-refractivity contribution is -0.119. The maximum absolute atomic E-state index is 11.3. The minimum absolute atomic E-state index is 0.0350. The van der Waals surface area contributed by atoms with Gasteiger partial charge in [0.25, 0.3) is 0 Å². The first kappa shape index (κ1) is 21.2. The Bertz CT molecular complexity index is 1330. The number of nitrogens with one attached hydrogen (secondary N) is 1. The van der Waals surface area contributed by atoms with Crippen LogP contribution in [0.15, 0.2) is 65.2 Å². The lowest BCUT2D eigenvalue weighted by Gasteiger charge is -2.28. The van der Waals surface area contributed by atoms with Crippen molar-refractivity contribution in [3.8, 4) is 17.2 Å². The van der Waals surface area contributed by atoms with Gasteiger partial charge in [0.05, 0.1) is 29.5 Å². The monoisotopic (exact) mass is 457 g/mol. The van der Waals surface area contributed by atoms with Gasteiger partial charge in [0.15, 0.2) is 0 Å². The lowest BCUT2D eigenvalue weighted by atomic mass is 9.91. The third kappa shape index (κ3) is 4.47. The topological polar surface area (TPSA) is 101 Å². The number of fused-ring (bicyclic) bond motifs is 1. The van der Waals surface area contributed by atoms with Crippen molar-refractivity contribution in [2.75, 3.05) is 0 Å². The first-order chi connectivity index (χ1) is 16.1. The Kier molecular flexibility index (Phi) is 5.84. The molecular formula is C24H23N7OS. The molecule has 0 aliphatic heterocycles. The fourth-order valence-corrected chi connectivity index (χ4v) is 5.35. The molecule has 1 N–H and O–H groups in total. The van der Waals surface area contributed by atoms with Crippen LogP contribution in [0, 0.1) is 11.3 Å². The van der Waals surface area contributed by atoms with Crippen molar-refractivity contribution in [1.29, 1.82) is 5.26 Å². The highest BCUT2D eigenvalue weighted by atomic mass is 32.2. The maximum atomic E-state index is 11.3. The molecule has 0 aromatic carbocycles. The Balaban J connectivity index is 1.43. The Morgan fingerprint density at radius 2 is 2.00 bits per heavy atom. The second-order valence-corrected chi connectivity index (χ2v) is 9.30. The number of pyridine rings is 2. The van der Waals surface area contributed by atoms with Crippen LogP contribution in [0.2, 0.25) is 0 Å². The summed E-state index contributed by atoms with van der Waals surface area (Å²) in [5.74, 6) is 0.0350. The number of rotatable bonds is 5. The van der Waals surface area contributed by atoms with Crippen LogP contribution >= 0.6 is 11.8 Å². The van der Waals surface area contributed by atoms with Crippen molar-refractivity contribution in [1.82, 2.24) is 29.7 Å². The van der Waals surface area contributed by atoms with Crippen LogP contribution in [0.25, 0.3) is 16.6 Å². The molecule has 0 atom stereocenters. The number of hydrogen-bond acceptors (Lipinski definition) is 6. The Morgan fingerprint density at radius 3 is 2.73 bits per heavy atom. The molecule has 0 spiro atoms. The minimum Gasteiger partial charge on any atom is -0.354 e. The highest BCUT2D eigenvalue weighted by Gasteiger charge is 2.23. The Hall–Kier alpha value is -3.64. The quantitative estimate of drug-likeness (QED) is 0.481. The molecule has 0 bridgehead atoms. The van der Waals surface area contributed by atoms with Gasteiger partial charge in [-0.05, 0) is 43.9 Å². The van der Waals surface area contributed by atoms with Crippen LogP contribution in [-0.2, 0) is 4.79 Å². The second-order valence-electron chi connectivity index (χ2n) is 8.24. The summed E-state index contributed by atoms with van der Waals surface area (Å²) < 4.78 is 3.80. The van der Waals surface area contributed by atoms with Crippen LogP contribution in [0.5, 0.6) is 0 Å². The number of hydrogen-bond donors (Lipinski definition) is 1. The van der Waals surface area contributed by atoms with E-state index in [9.17, 15) is 10.1 Å². The third-order valence-corrected chi connectivity index (χ3v) is 6.94. The maximum Gasteiger partial charge on any atom is 0.217 e. The molecule has 1 saturated carbocycles. The number of nitriles is 1. The van der Waals surface area contributed by atoms with E-state index in [1.54, 1.807) is 23.8 Å². The third-order valence-electron chi connectivity index (χ3n) is 5.96. The first-order valence-electron chi connectivity index (χ1n) is 10.9. The molecule has 0 unspecified atom stereocenters. The molecule has 166 valence electrons. The van der Waals surface area contributed by atoms with E-state index in [-0.39, 0.29) is 11.9 Å². The normalized spacial score (nSPS) is 18.2. The smallest absolute Gasteiger partial charge is 0.217 e. The summed E-state index contributed by atoms with van der Waals surface area (Å²) in [6.07, 6.45) is 13.1. The van der Waals surface area contributed by atoms with E-state index < -0.39 is 0 Å². The number of carbonyl (C=O) groups is 1. The Morgan fingerprint density at radius 1 is 1.15 bits per heavy atom. The summed E-state index contributed by atoms with van der Waals surface area (Å²) in [4.78, 5) is 16.7. The van der Waals surface area contributed by atoms with Crippen molar-refractivity contribution in [2.24, 2.45) is 0 Å². The van der Waals surface area contributed by atoms with Gasteiger partial charge in [0.1, 0.15) is 11.1 Å². The van der Waals surface area contributed by atoms with Crippen LogP contribution < -0.4 is 5.32 Å². The standard InChI is InChI=1S/C24H23N7OS/c1-16(32)29-20-5-7-21(8-6-20)30-15-19(13-27-30)17-10-22(33-23-4-2-3-9-26-23)24-18(11-25)12-28-31(24)14-17/h2-4,9-10,12-15,20-21H,5-8H2,1H3,(H,29,32). The molecule has 1 amide bonds. The zero-order valence-corrected chi connectivity index (χ0v) is 19.0. The van der Waals surface area contributed by atoms with Crippen molar-refractivity contribution < 1.29 is 4.79 Å². The average Bonchev–Trinajstić information content (AvgIpc) is 3.47. The SMILES string of the molecule is CC(=O)NC1CCC(n2cc(-c3cc(Sc4ccccn4)c4c(C#N)cnn4c3)cn2)CC1. The number of amides is 1. The van der Waals surface area contributed by atoms with Crippen LogP contribution in [-0.4, -0.2) is 36.3 Å². The van der Waals surface area contributed by atoms with E-state index in [2.05, 4.69) is 38.8 Å². The lowest BCUT2D eigenvalue weighted by Crippen LogP contribution is -2.36. The molecular weight excluding hydrogens is 434 g/mol. The Labute approximate surface area is 195 Å². The van der Waals surface area contributed by atoms with Crippen molar-refractivity contribution in [3.63, 3.8) is 0 Å². The number of aromatic nitrogens is 5. The van der Waals surface area contributed by atoms with E-state index in [4.69, 9.17) is 0 Å². The molecule has 5 rings (SSSR count). The van der Waals surface area contributed by atoms with Gasteiger partial charge in [-0.25, -0.2) is 9.50 Å². The van der Waals surface area contributed by atoms with Crippen molar-refractivity contribution in [3.05, 3.63) is 60.8 Å². The largest absolute Gasteiger partial charge is 0.354 e. The number of nitrogens with zero attached hydrogens (tertiary/aromatic N) is 6. The van der Waals surface area contributed by atoms with E-state index >= 15 is 0 Å². The summed E-state index contributed by atoms with van der Waals surface area (Å²) in [5.41, 5.74) is 3.29. The first-order valence-corrected chi connectivity index (χ1v) is 11.7. The van der Waals surface area contributed by atoms with E-state index in [1.807, 2.05) is 35.3 Å². The van der Waals surface area contributed by atoms with Gasteiger partial charge in [-0.3, -0.25) is 9.48 Å². The fourth-order valence-electron chi connectivity index (χ4n) is 4.38. The van der Waals surface area contributed by atoms with Crippen molar-refractivity contribution >= 4 is 23.2 Å². The van der Waals surface area contributed by atoms with E-state index in [0.717, 1.165) is 52.2 Å². The van der Waals surface area contributed by atoms with Crippen LogP contribution in [0.3, 0.4) is 0 Å². The zero-order chi connectivity index (χ0) is 22.8. The molecule has 4 aromatic rings. The predicted octanol–water partition coefficient (Wildman–Crippen LogP) is 4.24. The molecule has 8 nitrogen and oxygen atoms in total. The second kappa shape index (κ2) is 9.08. The van der Waals surface area contributed by atoms with E-state index in [1.165, 1.54) is 11.8 Å². The molecule has 0 radical (unpaired) electrons. The van der Waals surface area contributed by atoms with Gasteiger partial charge in [0, 0.05) is 47.6 Å². The number of carbonyl (C=O) groups excluding carboxylic acids is 1. The van der Waals surface area contributed by atoms with Gasteiger partial charge in [0.2, 0.25) is 5.91 Å². The summed E-state index contributed by atoms with van der Waals surface area (Å²) >= 11 is 1.52. The van der Waals surface area contributed by atoms with Crippen LogP contribution in [0.4, 0.5) is 0 Å². The van der Waals surface area contributed by atoms with Gasteiger partial charge in [-0.2, -0.15) is 15.5 Å². The molecule has 0 saturated heterocycles. The van der Waals surface area contributed by atoms with Gasteiger partial charge >= 0.3 is 0 Å². The summed E-state index contributed by atoms with van der Waals surface area (Å²) in [6.45, 7) is 1.57. The molecule has 4 heterocycles. The highest BCUT2D eigenvalue weighted by Crippen LogP contribution is 2.35.